The number of thiophene rings is 2. The van der Waals surface area contributed by atoms with Gasteiger partial charge in [-0.3, -0.25) is 0 Å². The van der Waals surface area contributed by atoms with Crippen molar-refractivity contribution in [2.45, 2.75) is 0 Å². The van der Waals surface area contributed by atoms with Crippen molar-refractivity contribution < 1.29 is 20.6 Å². The number of nitriles is 1. The molecule has 0 fully saturated rings. The topological polar surface area (TPSA) is 38.0 Å². The van der Waals surface area contributed by atoms with Crippen molar-refractivity contribution in [3.05, 3.63) is 271 Å². The van der Waals surface area contributed by atoms with Crippen LogP contribution in [0, 0.1) is 17.9 Å². The van der Waals surface area contributed by atoms with Crippen LogP contribution in [0.1, 0.15) is 26.1 Å². The second-order valence-electron chi connectivity index (χ2n) is 19.3. The van der Waals surface area contributed by atoms with Crippen LogP contribution >= 0.6 is 22.7 Å². The molecule has 0 atom stereocenters. The first-order valence-electron chi connectivity index (χ1n) is 33.0. The lowest BCUT2D eigenvalue weighted by Gasteiger charge is -2.26. The van der Waals surface area contributed by atoms with E-state index in [-0.39, 0.29) is 33.6 Å². The van der Waals surface area contributed by atoms with Crippen LogP contribution in [-0.4, -0.2) is 9.13 Å². The smallest absolute Gasteiger partial charge is 0.220 e. The Labute approximate surface area is 489 Å². The molecule has 0 bridgehead atoms. The van der Waals surface area contributed by atoms with Crippen LogP contribution in [0.4, 0.5) is 5.69 Å². The van der Waals surface area contributed by atoms with Crippen LogP contribution in [0.3, 0.4) is 0 Å². The molecule has 370 valence electrons. The van der Waals surface area contributed by atoms with Gasteiger partial charge in [0, 0.05) is 63.6 Å². The van der Waals surface area contributed by atoms with E-state index in [4.69, 9.17) is 6.85 Å². The summed E-state index contributed by atoms with van der Waals surface area (Å²) in [6.07, 6.45) is 0. The summed E-state index contributed by atoms with van der Waals surface area (Å²) in [6.45, 7) is 9.61. The number of para-hydroxylation sites is 1. The second kappa shape index (κ2) is 18.1. The zero-order chi connectivity index (χ0) is 66.1. The maximum atomic E-state index is 12.7. The number of nitrogens with zero attached hydrogens (tertiary/aromatic N) is 4. The van der Waals surface area contributed by atoms with Crippen molar-refractivity contribution in [2.75, 3.05) is 0 Å². The zero-order valence-electron chi connectivity index (χ0n) is 56.7. The monoisotopic (exact) mass is 1070 g/mol. The molecule has 0 saturated heterocycles. The van der Waals surface area contributed by atoms with Gasteiger partial charge in [-0.15, -0.1) is 22.7 Å². The maximum Gasteiger partial charge on any atom is 0.220 e. The average Bonchev–Trinajstić information content (AvgIpc) is 1.59. The number of benzene rings is 12. The predicted molar refractivity (Wildman–Crippen MR) is 339 cm³/mol. The number of fused-ring (bicyclic) bond motifs is 14. The van der Waals surface area contributed by atoms with E-state index >= 15 is 0 Å². The third kappa shape index (κ3) is 6.71. The Balaban J connectivity index is 1.23. The van der Waals surface area contributed by atoms with Gasteiger partial charge in [0.05, 0.1) is 75.5 Å². The fourth-order valence-corrected chi connectivity index (χ4v) is 14.6. The Bertz CT molecular complexity index is 6000. The lowest BCUT2D eigenvalue weighted by Crippen LogP contribution is -2.09. The van der Waals surface area contributed by atoms with Gasteiger partial charge in [0.25, 0.3) is 0 Å². The zero-order valence-corrected chi connectivity index (χ0v) is 43.3. The highest BCUT2D eigenvalue weighted by atomic mass is 32.1. The predicted octanol–water partition coefficient (Wildman–Crippen LogP) is 21.4. The van der Waals surface area contributed by atoms with E-state index in [1.54, 1.807) is 47.0 Å². The highest BCUT2D eigenvalue weighted by Gasteiger charge is 2.33. The van der Waals surface area contributed by atoms with Gasteiger partial charge in [-0.1, -0.05) is 230 Å². The Morgan fingerprint density at radius 2 is 0.900 bits per heavy atom. The Morgan fingerprint density at radius 3 is 1.45 bits per heavy atom. The highest BCUT2D eigenvalue weighted by Crippen LogP contribution is 2.55. The van der Waals surface area contributed by atoms with Crippen LogP contribution in [0.5, 0.6) is 0 Å². The van der Waals surface area contributed by atoms with Gasteiger partial charge in [0.15, 0.2) is 0 Å². The molecule has 4 heterocycles. The number of rotatable bonds is 7. The van der Waals surface area contributed by atoms with E-state index < -0.39 is 119 Å². The van der Waals surface area contributed by atoms with E-state index in [0.717, 1.165) is 53.2 Å². The first-order chi connectivity index (χ1) is 45.9. The van der Waals surface area contributed by atoms with Crippen LogP contribution in [0.15, 0.2) is 254 Å². The summed E-state index contributed by atoms with van der Waals surface area (Å²) in [5, 5.41) is 18.5. The third-order valence-corrected chi connectivity index (χ3v) is 17.6. The molecule has 0 unspecified atom stereocenters. The minimum absolute atomic E-state index is 0.137. The SMILES string of the molecule is [2H]c1c([2H])c([2H])c(-c2ccc3c4ccccc4n(-c4c([N+]#[C-])c(-c5c([2H])c([2H])c([2H])c([2H])c5[2H])c(C#N)c(-n5c6c(ccc7c6sc6cccc(-c8ccccc8)c67)c6ccc7c(sc8cccc(-c9ccccc9)c87)c65)c4-c4c([2H])c([2H])c([2H])c([2H])c4[2H])c3c2)c([2H])c1[2H]. The van der Waals surface area contributed by atoms with Crippen molar-refractivity contribution >= 4 is 112 Å². The molecular weight excluding hydrogens is 1010 g/mol. The Kier molecular flexibility index (Phi) is 7.49. The van der Waals surface area contributed by atoms with Crippen molar-refractivity contribution in [3.63, 3.8) is 0 Å². The van der Waals surface area contributed by atoms with E-state index in [1.807, 2.05) is 102 Å². The number of aromatic nitrogens is 2. The average molecular weight is 1070 g/mol. The number of hydrogen-bond acceptors (Lipinski definition) is 3. The lowest BCUT2D eigenvalue weighted by molar-refractivity contribution is 1.14. The van der Waals surface area contributed by atoms with Gasteiger partial charge < -0.3 is 9.13 Å². The Morgan fingerprint density at radius 1 is 0.412 bits per heavy atom. The molecule has 6 heteroatoms. The molecule has 12 aromatic carbocycles. The van der Waals surface area contributed by atoms with Gasteiger partial charge in [-0.25, -0.2) is 4.85 Å². The summed E-state index contributed by atoms with van der Waals surface area (Å²) in [4.78, 5) is 4.27. The summed E-state index contributed by atoms with van der Waals surface area (Å²) in [6, 6.07) is 44.1. The van der Waals surface area contributed by atoms with Gasteiger partial charge >= 0.3 is 0 Å². The van der Waals surface area contributed by atoms with Crippen molar-refractivity contribution in [3.8, 4) is 73.1 Å². The fourth-order valence-electron chi connectivity index (χ4n) is 12.0. The highest BCUT2D eigenvalue weighted by molar-refractivity contribution is 7.27. The summed E-state index contributed by atoms with van der Waals surface area (Å²) in [5.74, 6) is 0. The maximum absolute atomic E-state index is 12.7. The van der Waals surface area contributed by atoms with E-state index in [2.05, 4.69) is 35.2 Å². The summed E-state index contributed by atoms with van der Waals surface area (Å²) in [5.41, 5.74) is 2.24. The molecule has 16 aromatic rings. The van der Waals surface area contributed by atoms with Crippen molar-refractivity contribution in [1.82, 2.24) is 9.13 Å². The molecule has 0 spiro atoms. The van der Waals surface area contributed by atoms with Crippen molar-refractivity contribution in [1.29, 1.82) is 5.26 Å². The molecule has 0 amide bonds. The Hall–Kier alpha value is -10.3. The van der Waals surface area contributed by atoms with E-state index in [0.29, 0.717) is 47.5 Å². The van der Waals surface area contributed by atoms with Gasteiger partial charge in [-0.05, 0) is 68.8 Å². The van der Waals surface area contributed by atoms with Crippen LogP contribution < -0.4 is 0 Å². The quantitative estimate of drug-likeness (QED) is 0.147. The first-order valence-corrected chi connectivity index (χ1v) is 27.2. The van der Waals surface area contributed by atoms with Crippen molar-refractivity contribution in [2.24, 2.45) is 0 Å². The van der Waals surface area contributed by atoms with E-state index in [9.17, 15) is 25.5 Å². The molecule has 4 nitrogen and oxygen atoms in total. The lowest BCUT2D eigenvalue weighted by atomic mass is 9.88. The van der Waals surface area contributed by atoms with E-state index in [1.165, 1.54) is 22.7 Å². The molecule has 80 heavy (non-hydrogen) atoms. The molecule has 0 aliphatic heterocycles. The molecule has 16 rings (SSSR count). The standard InChI is InChI=1S/C74H42N4S2/c1-76-68-64(48-27-13-5-14-28-48)59(44-75)69(65(49-29-15-6-16-30-49)72(68)77-60-34-18-17-31-53(60)54-38-37-50(43-61(54)77)45-21-7-2-8-22-45)78-70-55(39-41-57-66-51(46-23-9-3-10-24-46)32-19-35-62(66)79-73(57)70)56-40-42-58-67-52(47-25-11-4-12-26-47)33-20-36-63(67)80-74(58)71(56)78/h2-43H/i2D,5D,6D,7D,8D,13D,14D,15D,16D,21D,22D,27D,28D,29D,30D. The van der Waals surface area contributed by atoms with Crippen LogP contribution in [0.25, 0.3) is 156 Å². The molecule has 0 N–H and O–H groups in total. The molecule has 0 saturated carbocycles. The normalized spacial score (nSPS) is 14.3. The third-order valence-electron chi connectivity index (χ3n) is 15.2. The summed E-state index contributed by atoms with van der Waals surface area (Å²) in [7, 11) is 0. The largest absolute Gasteiger partial charge is 0.318 e. The summed E-state index contributed by atoms with van der Waals surface area (Å²) >= 11 is 2.96. The molecule has 0 aliphatic carbocycles. The van der Waals surface area contributed by atoms with Crippen LogP contribution in [-0.2, 0) is 0 Å². The van der Waals surface area contributed by atoms with Gasteiger partial charge in [-0.2, -0.15) is 5.26 Å². The minimum Gasteiger partial charge on any atom is -0.318 e. The second-order valence-corrected chi connectivity index (χ2v) is 21.4. The molecule has 0 aliphatic rings. The van der Waals surface area contributed by atoms with Gasteiger partial charge in [0.2, 0.25) is 5.69 Å². The summed E-state index contributed by atoms with van der Waals surface area (Å²) < 4.78 is 147. The molecule has 0 radical (unpaired) electrons. The first kappa shape index (κ1) is 33.1. The minimum atomic E-state index is -0.780. The number of hydrogen-bond donors (Lipinski definition) is 0. The molecule has 4 aromatic heterocycles. The van der Waals surface area contributed by atoms with Crippen LogP contribution in [0.2, 0.25) is 0 Å². The van der Waals surface area contributed by atoms with Gasteiger partial charge in [0.1, 0.15) is 6.07 Å². The molecular formula is C74H42N4S2. The fraction of sp³-hybridized carbons (Fsp3) is 0.